The van der Waals surface area contributed by atoms with Gasteiger partial charge in [0.1, 0.15) is 54.9 Å². The highest BCUT2D eigenvalue weighted by molar-refractivity contribution is 7.94. The Labute approximate surface area is 703 Å². The molecular formula is C84H104N10O23S4. The minimum Gasteiger partial charge on any atom is -0.492 e. The monoisotopic (exact) mass is 1750 g/mol. The minimum atomic E-state index is -4.11. The second-order valence-corrected chi connectivity index (χ2v) is 38.5. The summed E-state index contributed by atoms with van der Waals surface area (Å²) in [6.45, 7) is 9.37. The number of nitrogens with one attached hydrogen (secondary N) is 4. The van der Waals surface area contributed by atoms with E-state index in [0.29, 0.717) is 106 Å². The van der Waals surface area contributed by atoms with Gasteiger partial charge in [-0.05, 0) is 204 Å². The number of hydrogen-bond donors (Lipinski definition) is 8. The summed E-state index contributed by atoms with van der Waals surface area (Å²) < 4.78 is 145. The number of rotatable bonds is 33. The predicted octanol–water partition coefficient (Wildman–Crippen LogP) is 8.97. The van der Waals surface area contributed by atoms with Crippen LogP contribution in [0.3, 0.4) is 0 Å². The summed E-state index contributed by atoms with van der Waals surface area (Å²) in [4.78, 5) is 50.5. The Morgan fingerprint density at radius 3 is 1.13 bits per heavy atom. The van der Waals surface area contributed by atoms with Gasteiger partial charge in [0.25, 0.3) is 17.4 Å². The zero-order valence-electron chi connectivity index (χ0n) is 67.6. The summed E-state index contributed by atoms with van der Waals surface area (Å²) in [5, 5.41) is 44.9. The van der Waals surface area contributed by atoms with Crippen molar-refractivity contribution < 1.29 is 102 Å². The maximum absolute atomic E-state index is 13.2. The molecule has 0 unspecified atom stereocenters. The number of fused-ring (bicyclic) bond motifs is 1. The van der Waals surface area contributed by atoms with Gasteiger partial charge in [-0.1, -0.05) is 69.2 Å². The number of nitrogens with zero attached hydrogens (tertiary/aromatic N) is 6. The lowest BCUT2D eigenvalue weighted by molar-refractivity contribution is -0.135. The fourth-order valence-electron chi connectivity index (χ4n) is 14.2. The molecule has 13 rings (SSSR count). The number of hydroxylamine groups is 4. The number of benzene rings is 5. The van der Waals surface area contributed by atoms with E-state index in [1.54, 1.807) is 97.3 Å². The van der Waals surface area contributed by atoms with E-state index in [1.807, 2.05) is 49.5 Å². The Kier molecular flexibility index (Phi) is 33.8. The summed E-state index contributed by atoms with van der Waals surface area (Å²) in [6.07, 6.45) is 12.6. The average molecular weight is 1750 g/mol. The number of carbonyl (C=O) groups excluding carboxylic acids is 2. The highest BCUT2D eigenvalue weighted by Crippen LogP contribution is 2.40. The van der Waals surface area contributed by atoms with Crippen molar-refractivity contribution in [2.24, 2.45) is 0 Å². The van der Waals surface area contributed by atoms with Gasteiger partial charge in [-0.2, -0.15) is 0 Å². The van der Waals surface area contributed by atoms with Crippen molar-refractivity contribution in [3.05, 3.63) is 220 Å². The summed E-state index contributed by atoms with van der Waals surface area (Å²) in [5.41, 5.74) is 13.3. The highest BCUT2D eigenvalue weighted by atomic mass is 32.2. The Bertz CT molecular complexity index is 5340. The number of aromatic nitrogens is 6. The van der Waals surface area contributed by atoms with Gasteiger partial charge in [0.2, 0.25) is 0 Å². The molecule has 37 heteroatoms. The van der Waals surface area contributed by atoms with Crippen molar-refractivity contribution in [2.75, 3.05) is 72.6 Å². The lowest BCUT2D eigenvalue weighted by Gasteiger charge is -2.36. The van der Waals surface area contributed by atoms with E-state index < -0.39 is 70.2 Å². The third-order valence-electron chi connectivity index (χ3n) is 21.7. The molecule has 4 saturated heterocycles. The minimum absolute atomic E-state index is 0.00989. The fraction of sp³-hybridized carbons (Fsp3) is 0.429. The molecule has 5 aromatic carbocycles. The average Bonchev–Trinajstić information content (AvgIpc) is 0.756. The van der Waals surface area contributed by atoms with E-state index in [2.05, 4.69) is 50.1 Å². The molecule has 2 amide bonds. The molecule has 4 aromatic heterocycles. The molecule has 9 aromatic rings. The maximum atomic E-state index is 13.2. The van der Waals surface area contributed by atoms with Crippen molar-refractivity contribution in [3.63, 3.8) is 0 Å². The smallest absolute Gasteiger partial charge is 0.277 e. The van der Waals surface area contributed by atoms with Gasteiger partial charge in [-0.15, -0.1) is 5.10 Å². The van der Waals surface area contributed by atoms with Crippen LogP contribution in [0.1, 0.15) is 125 Å². The topological polar surface area (TPSA) is 460 Å². The van der Waals surface area contributed by atoms with Gasteiger partial charge in [0.05, 0.1) is 41.0 Å². The maximum Gasteiger partial charge on any atom is 0.277 e. The van der Waals surface area contributed by atoms with Gasteiger partial charge >= 0.3 is 0 Å². The highest BCUT2D eigenvalue weighted by Gasteiger charge is 2.54. The molecule has 652 valence electrons. The zero-order valence-corrected chi connectivity index (χ0v) is 70.9. The van der Waals surface area contributed by atoms with Crippen LogP contribution in [0.15, 0.2) is 201 Å². The second kappa shape index (κ2) is 43.8. The van der Waals surface area contributed by atoms with Crippen molar-refractivity contribution >= 4 is 62.1 Å². The number of unbranched alkanes of at least 4 members (excludes halogenated alkanes) is 1. The molecule has 121 heavy (non-hydrogen) atoms. The standard InChI is InChI=1S/C22H30N2O5S.C21H22N4O7S.C21H28N2O5S.C20H24N2O6S/c1-2-3-4-19-6-5-18(15-23-19)16-29-20-7-9-21(10-8-20)30(26,27)22(17-24-25)11-13-28-14-12-22;26-19-17-3-1-2-4-18(17)22-24-25(19)11-14-32-15-5-7-16(8-6-15)33(29,30)21(20(27)23-28)9-12-31-13-10-21;1-2-3-18-5-4-17(14-22-18)15-28-19-6-8-20(9-7-19)29(25,26)21(16-23-24)10-12-27-13-11-21;1-2-16-4-3-15(13-21-16)14-28-17-5-7-18(8-6-17)29(25,26)20(19(23)22-24)9-11-27-12-10-20/h5-10,15,24-25H,2-4,11-14,16-17H2,1H3;1-8,28H,9-14H2,(H,23,27);4-9,14,23-24H,2-3,10-13,15-16H2,1H3;3-8,13,24H,2,9-12,14H2,1H3,(H,22,23). The summed E-state index contributed by atoms with van der Waals surface area (Å²) in [6, 6.07) is 43.2. The molecular weight excluding hydrogens is 1650 g/mol. The molecule has 0 saturated carbocycles. The van der Waals surface area contributed by atoms with Crippen molar-refractivity contribution in [1.29, 1.82) is 0 Å². The number of hydrogen-bond acceptors (Lipinski definition) is 30. The molecule has 4 aliphatic rings. The zero-order chi connectivity index (χ0) is 86.6. The molecule has 0 spiro atoms. The van der Waals surface area contributed by atoms with Crippen LogP contribution in [0.4, 0.5) is 0 Å². The number of pyridine rings is 3. The van der Waals surface area contributed by atoms with Crippen LogP contribution in [0, 0.1) is 0 Å². The van der Waals surface area contributed by atoms with E-state index in [4.69, 9.17) is 48.3 Å². The summed E-state index contributed by atoms with van der Waals surface area (Å²) in [5.74, 6) is 0.130. The lowest BCUT2D eigenvalue weighted by atomic mass is 9.98. The van der Waals surface area contributed by atoms with Crippen LogP contribution < -0.4 is 46.4 Å². The Hall–Kier alpha value is -9.84. The normalized spacial score (nSPS) is 16.2. The molecule has 33 nitrogen and oxygen atoms in total. The molecule has 0 radical (unpaired) electrons. The van der Waals surface area contributed by atoms with Gasteiger partial charge in [0, 0.05) is 118 Å². The quantitative estimate of drug-likeness (QED) is 0.0140. The van der Waals surface area contributed by atoms with Crippen molar-refractivity contribution in [3.8, 4) is 23.0 Å². The SMILES string of the molecule is CCCCc1ccc(COc2ccc(S(=O)(=O)C3(CNO)CCOCC3)cc2)cn1.CCCc1ccc(COc2ccc(S(=O)(=O)C3(CNO)CCOCC3)cc2)cn1.CCc1ccc(COc2ccc(S(=O)(=O)C3(C(=O)NO)CCOCC3)cc2)cn1.O=C(NO)C1(S(=O)(=O)c2ccc(OCCn3nnc4ccccc4c3=O)cc2)CCOCC1. The molecule has 0 bridgehead atoms. The van der Waals surface area contributed by atoms with Crippen molar-refractivity contribution in [2.45, 2.75) is 176 Å². The Balaban J connectivity index is 0.000000170. The van der Waals surface area contributed by atoms with E-state index in [0.717, 1.165) is 72.3 Å². The first-order valence-corrected chi connectivity index (χ1v) is 45.7. The summed E-state index contributed by atoms with van der Waals surface area (Å²) >= 11 is 0. The third kappa shape index (κ3) is 22.7. The first kappa shape index (κ1) is 93.4. The van der Waals surface area contributed by atoms with Crippen LogP contribution in [-0.2, 0) is 114 Å². The van der Waals surface area contributed by atoms with Gasteiger partial charge in [-0.25, -0.2) is 60.3 Å². The van der Waals surface area contributed by atoms with Gasteiger partial charge < -0.3 is 48.3 Å². The van der Waals surface area contributed by atoms with Gasteiger partial charge in [-0.3, -0.25) is 39.8 Å². The lowest BCUT2D eigenvalue weighted by Crippen LogP contribution is -2.54. The fourth-order valence-corrected chi connectivity index (χ4v) is 22.0. The van der Waals surface area contributed by atoms with E-state index >= 15 is 0 Å². The first-order chi connectivity index (χ1) is 58.3. The molecule has 4 fully saturated rings. The molecule has 4 aliphatic heterocycles. The Morgan fingerprint density at radius 1 is 0.430 bits per heavy atom. The van der Waals surface area contributed by atoms with Crippen molar-refractivity contribution in [1.82, 2.24) is 51.9 Å². The molecule has 0 aliphatic carbocycles. The first-order valence-electron chi connectivity index (χ1n) is 39.8. The van der Waals surface area contributed by atoms with E-state index in [1.165, 1.54) is 52.0 Å². The number of ether oxygens (including phenoxy) is 8. The number of sulfone groups is 4. The van der Waals surface area contributed by atoms with Crippen LogP contribution in [-0.4, -0.2) is 188 Å². The predicted molar refractivity (Wildman–Crippen MR) is 442 cm³/mol. The Morgan fingerprint density at radius 2 is 0.785 bits per heavy atom. The number of amides is 2. The third-order valence-corrected chi connectivity index (χ3v) is 31.9. The summed E-state index contributed by atoms with van der Waals surface area (Å²) in [7, 11) is -15.5. The van der Waals surface area contributed by atoms with Crippen LogP contribution in [0.5, 0.6) is 23.0 Å². The molecule has 0 atom stereocenters. The molecule has 8 N–H and O–H groups in total. The van der Waals surface area contributed by atoms with Crippen LogP contribution in [0.25, 0.3) is 10.9 Å². The van der Waals surface area contributed by atoms with Gasteiger partial charge in [0.15, 0.2) is 48.8 Å². The second-order valence-electron chi connectivity index (χ2n) is 29.3. The largest absolute Gasteiger partial charge is 0.492 e. The van der Waals surface area contributed by atoms with E-state index in [-0.39, 0.29) is 103 Å². The number of carbonyl (C=O) groups is 2. The van der Waals surface area contributed by atoms with Crippen LogP contribution >= 0.6 is 0 Å². The number of aryl methyl sites for hydroxylation is 3. The van der Waals surface area contributed by atoms with E-state index in [9.17, 15) is 58.5 Å². The van der Waals surface area contributed by atoms with Crippen LogP contribution in [0.2, 0.25) is 0 Å². The molecule has 8 heterocycles.